The maximum atomic E-state index is 12.0. The van der Waals surface area contributed by atoms with E-state index in [1.807, 2.05) is 24.3 Å². The van der Waals surface area contributed by atoms with Crippen LogP contribution < -0.4 is 15.5 Å². The molecule has 2 aromatic carbocycles. The zero-order valence-electron chi connectivity index (χ0n) is 14.0. The van der Waals surface area contributed by atoms with Crippen LogP contribution in [0, 0.1) is 11.3 Å². The Bertz CT molecular complexity index is 715. The normalized spacial score (nSPS) is 9.88. The minimum absolute atomic E-state index is 0.143. The fraction of sp³-hybridized carbons (Fsp3) is 0.263. The summed E-state index contributed by atoms with van der Waals surface area (Å²) in [5.41, 5.74) is 3.03. The van der Waals surface area contributed by atoms with Crippen LogP contribution in [0.4, 0.5) is 17.1 Å². The molecule has 0 spiro atoms. The number of carbonyl (C=O) groups is 1. The van der Waals surface area contributed by atoms with Crippen molar-refractivity contribution >= 4 is 23.0 Å². The third kappa shape index (κ3) is 4.50. The molecule has 0 atom stereocenters. The predicted molar refractivity (Wildman–Crippen MR) is 98.3 cm³/mol. The zero-order valence-corrected chi connectivity index (χ0v) is 14.0. The van der Waals surface area contributed by atoms with E-state index in [1.54, 1.807) is 24.3 Å². The lowest BCUT2D eigenvalue weighted by Crippen LogP contribution is -2.23. The Morgan fingerprint density at radius 2 is 1.75 bits per heavy atom. The molecule has 5 nitrogen and oxygen atoms in total. The van der Waals surface area contributed by atoms with Crippen molar-refractivity contribution in [2.75, 3.05) is 35.2 Å². The highest BCUT2D eigenvalue weighted by atomic mass is 16.1. The van der Waals surface area contributed by atoms with E-state index >= 15 is 0 Å². The molecule has 0 saturated carbocycles. The van der Waals surface area contributed by atoms with E-state index in [4.69, 9.17) is 5.26 Å². The van der Waals surface area contributed by atoms with E-state index in [9.17, 15) is 4.79 Å². The van der Waals surface area contributed by atoms with Crippen molar-refractivity contribution in [2.45, 2.75) is 13.8 Å². The second kappa shape index (κ2) is 8.59. The summed E-state index contributed by atoms with van der Waals surface area (Å²) in [6.45, 7) is 6.32. The van der Waals surface area contributed by atoms with Crippen molar-refractivity contribution in [3.63, 3.8) is 0 Å². The first kappa shape index (κ1) is 17.4. The summed E-state index contributed by atoms with van der Waals surface area (Å²) in [4.78, 5) is 14.3. The molecule has 0 unspecified atom stereocenters. The Labute approximate surface area is 142 Å². The van der Waals surface area contributed by atoms with Crippen molar-refractivity contribution < 1.29 is 4.79 Å². The largest absolute Gasteiger partial charge is 0.376 e. The quantitative estimate of drug-likeness (QED) is 0.819. The molecule has 0 radical (unpaired) electrons. The molecule has 2 rings (SSSR count). The number of nitriles is 1. The van der Waals surface area contributed by atoms with Crippen LogP contribution in [-0.4, -0.2) is 25.5 Å². The fourth-order valence-corrected chi connectivity index (χ4v) is 2.45. The molecule has 0 fully saturated rings. The summed E-state index contributed by atoms with van der Waals surface area (Å²) in [6.07, 6.45) is 0. The molecular weight excluding hydrogens is 300 g/mol. The van der Waals surface area contributed by atoms with Crippen LogP contribution in [-0.2, 0) is 4.79 Å². The number of benzene rings is 2. The molecule has 24 heavy (non-hydrogen) atoms. The van der Waals surface area contributed by atoms with Crippen molar-refractivity contribution in [1.29, 1.82) is 5.26 Å². The van der Waals surface area contributed by atoms with E-state index in [-0.39, 0.29) is 12.5 Å². The highest BCUT2D eigenvalue weighted by Crippen LogP contribution is 2.18. The van der Waals surface area contributed by atoms with Gasteiger partial charge in [0.25, 0.3) is 0 Å². The van der Waals surface area contributed by atoms with Crippen molar-refractivity contribution in [3.05, 3.63) is 54.1 Å². The Balaban J connectivity index is 1.91. The third-order valence-corrected chi connectivity index (χ3v) is 3.77. The van der Waals surface area contributed by atoms with Gasteiger partial charge in [-0.1, -0.05) is 12.1 Å². The number of amides is 1. The first-order valence-corrected chi connectivity index (χ1v) is 8.05. The topological polar surface area (TPSA) is 68.2 Å². The monoisotopic (exact) mass is 322 g/mol. The summed E-state index contributed by atoms with van der Waals surface area (Å²) in [5, 5.41) is 14.9. The lowest BCUT2D eigenvalue weighted by molar-refractivity contribution is -0.114. The maximum absolute atomic E-state index is 12.0. The van der Waals surface area contributed by atoms with Gasteiger partial charge in [-0.05, 0) is 50.2 Å². The number of hydrogen-bond acceptors (Lipinski definition) is 4. The van der Waals surface area contributed by atoms with Gasteiger partial charge in [-0.15, -0.1) is 0 Å². The number of nitrogens with zero attached hydrogens (tertiary/aromatic N) is 2. The minimum Gasteiger partial charge on any atom is -0.376 e. The molecule has 2 aromatic rings. The number of para-hydroxylation sites is 1. The van der Waals surface area contributed by atoms with E-state index in [0.717, 1.165) is 24.5 Å². The molecule has 0 heterocycles. The van der Waals surface area contributed by atoms with Gasteiger partial charge in [-0.3, -0.25) is 4.79 Å². The highest BCUT2D eigenvalue weighted by Gasteiger charge is 2.06. The van der Waals surface area contributed by atoms with Crippen LogP contribution in [0.1, 0.15) is 19.4 Å². The molecule has 0 aliphatic rings. The van der Waals surface area contributed by atoms with E-state index < -0.39 is 0 Å². The molecular formula is C19H22N4O. The average molecular weight is 322 g/mol. The van der Waals surface area contributed by atoms with Crippen molar-refractivity contribution in [2.24, 2.45) is 0 Å². The predicted octanol–water partition coefficient (Wildman–Crippen LogP) is 3.46. The van der Waals surface area contributed by atoms with Gasteiger partial charge in [0, 0.05) is 24.5 Å². The zero-order chi connectivity index (χ0) is 17.4. The smallest absolute Gasteiger partial charge is 0.243 e. The van der Waals surface area contributed by atoms with Crippen LogP contribution in [0.15, 0.2) is 48.5 Å². The number of nitrogens with one attached hydrogen (secondary N) is 2. The fourth-order valence-electron chi connectivity index (χ4n) is 2.45. The second-order valence-electron chi connectivity index (χ2n) is 5.28. The molecule has 124 valence electrons. The van der Waals surface area contributed by atoms with Gasteiger partial charge in [0.2, 0.25) is 5.91 Å². The second-order valence-corrected chi connectivity index (χ2v) is 5.28. The van der Waals surface area contributed by atoms with Gasteiger partial charge >= 0.3 is 0 Å². The van der Waals surface area contributed by atoms with Gasteiger partial charge in [0.1, 0.15) is 6.07 Å². The van der Waals surface area contributed by atoms with Gasteiger partial charge in [0.15, 0.2) is 0 Å². The van der Waals surface area contributed by atoms with Crippen molar-refractivity contribution in [3.8, 4) is 6.07 Å². The molecule has 0 aliphatic heterocycles. The van der Waals surface area contributed by atoms with Gasteiger partial charge in [-0.2, -0.15) is 5.26 Å². The lowest BCUT2D eigenvalue weighted by Gasteiger charge is -2.21. The third-order valence-electron chi connectivity index (χ3n) is 3.77. The Morgan fingerprint density at radius 3 is 2.38 bits per heavy atom. The number of anilines is 3. The Hall–Kier alpha value is -3.00. The summed E-state index contributed by atoms with van der Waals surface area (Å²) >= 11 is 0. The highest BCUT2D eigenvalue weighted by molar-refractivity contribution is 5.94. The van der Waals surface area contributed by atoms with E-state index in [1.165, 1.54) is 0 Å². The Morgan fingerprint density at radius 1 is 1.08 bits per heavy atom. The van der Waals surface area contributed by atoms with Crippen LogP contribution in [0.25, 0.3) is 0 Å². The van der Waals surface area contributed by atoms with E-state index in [0.29, 0.717) is 11.3 Å². The van der Waals surface area contributed by atoms with Gasteiger partial charge in [-0.25, -0.2) is 0 Å². The molecule has 0 aromatic heterocycles. The number of rotatable bonds is 7. The first-order chi connectivity index (χ1) is 11.7. The molecule has 1 amide bonds. The van der Waals surface area contributed by atoms with Crippen LogP contribution >= 0.6 is 0 Å². The summed E-state index contributed by atoms with van der Waals surface area (Å²) in [6, 6.07) is 17.0. The van der Waals surface area contributed by atoms with Crippen LogP contribution in [0.2, 0.25) is 0 Å². The molecule has 0 saturated heterocycles. The maximum Gasteiger partial charge on any atom is 0.243 e. The molecule has 5 heteroatoms. The Kier molecular flexibility index (Phi) is 6.21. The average Bonchev–Trinajstić information content (AvgIpc) is 2.62. The minimum atomic E-state index is -0.189. The van der Waals surface area contributed by atoms with Gasteiger partial charge in [0.05, 0.1) is 17.8 Å². The molecule has 0 bridgehead atoms. The molecule has 2 N–H and O–H groups in total. The first-order valence-electron chi connectivity index (χ1n) is 8.05. The number of hydrogen-bond donors (Lipinski definition) is 2. The number of carbonyl (C=O) groups excluding carboxylic acids is 1. The SMILES string of the molecule is CCN(CC)c1ccc(NCC(=O)Nc2ccccc2C#N)cc1. The van der Waals surface area contributed by atoms with Crippen LogP contribution in [0.3, 0.4) is 0 Å². The van der Waals surface area contributed by atoms with E-state index in [2.05, 4.69) is 35.5 Å². The summed E-state index contributed by atoms with van der Waals surface area (Å²) < 4.78 is 0. The van der Waals surface area contributed by atoms with Crippen LogP contribution in [0.5, 0.6) is 0 Å². The summed E-state index contributed by atoms with van der Waals surface area (Å²) in [5.74, 6) is -0.189. The van der Waals surface area contributed by atoms with Gasteiger partial charge < -0.3 is 15.5 Å². The molecule has 0 aliphatic carbocycles. The summed E-state index contributed by atoms with van der Waals surface area (Å²) in [7, 11) is 0. The lowest BCUT2D eigenvalue weighted by atomic mass is 10.2. The van der Waals surface area contributed by atoms with Crippen molar-refractivity contribution in [1.82, 2.24) is 0 Å². The standard InChI is InChI=1S/C19H22N4O/c1-3-23(4-2)17-11-9-16(10-12-17)21-14-19(24)22-18-8-6-5-7-15(18)13-20/h5-12,21H,3-4,14H2,1-2H3,(H,22,24).